The van der Waals surface area contributed by atoms with Crippen LogP contribution in [0.3, 0.4) is 0 Å². The molecule has 144 valence electrons. The molecule has 0 radical (unpaired) electrons. The molecule has 0 fully saturated rings. The van der Waals surface area contributed by atoms with E-state index in [1.165, 1.54) is 6.20 Å². The lowest BCUT2D eigenvalue weighted by Gasteiger charge is -2.16. The first-order chi connectivity index (χ1) is 13.4. The van der Waals surface area contributed by atoms with Crippen molar-refractivity contribution >= 4 is 23.2 Å². The van der Waals surface area contributed by atoms with Gasteiger partial charge in [0.05, 0.1) is 29.7 Å². The van der Waals surface area contributed by atoms with Gasteiger partial charge in [0.25, 0.3) is 0 Å². The molecule has 0 aliphatic heterocycles. The normalized spacial score (nSPS) is 11.7. The van der Waals surface area contributed by atoms with Gasteiger partial charge in [0.1, 0.15) is 11.8 Å². The predicted molar refractivity (Wildman–Crippen MR) is 108 cm³/mol. The van der Waals surface area contributed by atoms with E-state index in [1.54, 1.807) is 50.4 Å². The Balaban J connectivity index is 1.85. The second kappa shape index (κ2) is 8.22. The first-order valence-corrected chi connectivity index (χ1v) is 8.94. The molecule has 2 aromatic carbocycles. The number of hydrogen-bond acceptors (Lipinski definition) is 5. The Morgan fingerprint density at radius 2 is 2.00 bits per heavy atom. The van der Waals surface area contributed by atoms with Crippen LogP contribution in [0.4, 0.5) is 5.69 Å². The van der Waals surface area contributed by atoms with Gasteiger partial charge >= 0.3 is 5.69 Å². The summed E-state index contributed by atoms with van der Waals surface area (Å²) < 4.78 is 6.21. The third kappa shape index (κ3) is 4.04. The highest BCUT2D eigenvalue weighted by Gasteiger charge is 2.20. The zero-order valence-electron chi connectivity index (χ0n) is 15.6. The number of carbonyl (C=O) groups is 1. The van der Waals surface area contributed by atoms with Crippen molar-refractivity contribution in [1.82, 2.24) is 14.8 Å². The number of anilines is 1. The van der Waals surface area contributed by atoms with E-state index in [0.717, 1.165) is 10.2 Å². The van der Waals surface area contributed by atoms with Crippen molar-refractivity contribution in [2.75, 3.05) is 12.4 Å². The third-order valence-corrected chi connectivity index (χ3v) is 4.61. The Morgan fingerprint density at radius 3 is 2.68 bits per heavy atom. The molecule has 0 spiro atoms. The molecule has 0 bridgehead atoms. The maximum atomic E-state index is 12.6. The number of para-hydroxylation sites is 1. The summed E-state index contributed by atoms with van der Waals surface area (Å²) >= 11 is 6.15. The van der Waals surface area contributed by atoms with Crippen LogP contribution in [0.2, 0.25) is 5.02 Å². The molecule has 0 unspecified atom stereocenters. The average molecular weight is 399 g/mol. The Kier molecular flexibility index (Phi) is 5.75. The van der Waals surface area contributed by atoms with Gasteiger partial charge < -0.3 is 10.1 Å². The molecule has 0 aliphatic carbocycles. The van der Waals surface area contributed by atoms with Crippen LogP contribution >= 0.6 is 11.6 Å². The lowest BCUT2D eigenvalue weighted by atomic mass is 10.1. The van der Waals surface area contributed by atoms with Gasteiger partial charge in [-0.15, -0.1) is 0 Å². The fourth-order valence-electron chi connectivity index (χ4n) is 2.67. The summed E-state index contributed by atoms with van der Waals surface area (Å²) in [7, 11) is 1.56. The zero-order valence-corrected chi connectivity index (χ0v) is 16.4. The highest BCUT2D eigenvalue weighted by Crippen LogP contribution is 2.26. The van der Waals surface area contributed by atoms with E-state index in [1.807, 2.05) is 13.0 Å². The molecule has 28 heavy (non-hydrogen) atoms. The number of benzene rings is 2. The Morgan fingerprint density at radius 1 is 1.25 bits per heavy atom. The fourth-order valence-corrected chi connectivity index (χ4v) is 2.93. The van der Waals surface area contributed by atoms with Crippen molar-refractivity contribution in [3.63, 3.8) is 0 Å². The van der Waals surface area contributed by atoms with E-state index in [-0.39, 0.29) is 0 Å². The van der Waals surface area contributed by atoms with E-state index < -0.39 is 17.6 Å². The van der Waals surface area contributed by atoms with Crippen LogP contribution < -0.4 is 15.7 Å². The van der Waals surface area contributed by atoms with Crippen LogP contribution in [-0.2, 0) is 4.79 Å². The molecule has 3 rings (SSSR count). The molecule has 0 aliphatic rings. The molecule has 3 aromatic rings. The van der Waals surface area contributed by atoms with Crippen LogP contribution in [-0.4, -0.2) is 27.8 Å². The topological polar surface area (TPSA) is 86.1 Å². The summed E-state index contributed by atoms with van der Waals surface area (Å²) in [5, 5.41) is 7.30. The number of rotatable bonds is 5. The van der Waals surface area contributed by atoms with Crippen molar-refractivity contribution in [1.29, 1.82) is 0 Å². The molecule has 1 N–H and O–H groups in total. The smallest absolute Gasteiger partial charge is 0.365 e. The molecular formula is C20H19ClN4O3. The number of aromatic nitrogens is 3. The Hall–Kier alpha value is -3.19. The van der Waals surface area contributed by atoms with Crippen molar-refractivity contribution < 1.29 is 9.53 Å². The fraction of sp³-hybridized carbons (Fsp3) is 0.200. The van der Waals surface area contributed by atoms with Gasteiger partial charge in [-0.2, -0.15) is 10.1 Å². The van der Waals surface area contributed by atoms with E-state index in [9.17, 15) is 9.59 Å². The monoisotopic (exact) mass is 398 g/mol. The number of halogens is 1. The largest absolute Gasteiger partial charge is 0.497 e. The summed E-state index contributed by atoms with van der Waals surface area (Å²) in [6, 6.07) is 11.6. The zero-order chi connectivity index (χ0) is 20.3. The molecular weight excluding hydrogens is 380 g/mol. The Bertz CT molecular complexity index is 1060. The van der Waals surface area contributed by atoms with E-state index in [4.69, 9.17) is 16.3 Å². The number of nitrogens with zero attached hydrogens (tertiary/aromatic N) is 3. The summed E-state index contributed by atoms with van der Waals surface area (Å²) in [5.74, 6) is 0.230. The Labute approximate surface area is 166 Å². The van der Waals surface area contributed by atoms with Gasteiger partial charge in [-0.05, 0) is 37.6 Å². The van der Waals surface area contributed by atoms with Gasteiger partial charge in [0.15, 0.2) is 0 Å². The predicted octanol–water partition coefficient (Wildman–Crippen LogP) is 3.48. The molecule has 1 heterocycles. The maximum absolute atomic E-state index is 12.6. The summed E-state index contributed by atoms with van der Waals surface area (Å²) in [5.41, 5.74) is 1.79. The van der Waals surface area contributed by atoms with Gasteiger partial charge in [0, 0.05) is 5.56 Å². The van der Waals surface area contributed by atoms with Crippen LogP contribution in [0.15, 0.2) is 53.5 Å². The summed E-state index contributed by atoms with van der Waals surface area (Å²) in [4.78, 5) is 29.1. The minimum Gasteiger partial charge on any atom is -0.497 e. The minimum atomic E-state index is -0.866. The first kappa shape index (κ1) is 19.6. The number of carbonyl (C=O) groups excluding carboxylic acids is 1. The third-order valence-electron chi connectivity index (χ3n) is 4.30. The number of methoxy groups -OCH3 is 1. The molecule has 0 saturated carbocycles. The quantitative estimate of drug-likeness (QED) is 0.711. The lowest BCUT2D eigenvalue weighted by Crippen LogP contribution is -2.35. The van der Waals surface area contributed by atoms with E-state index >= 15 is 0 Å². The van der Waals surface area contributed by atoms with Crippen LogP contribution in [0, 0.1) is 6.92 Å². The van der Waals surface area contributed by atoms with Crippen molar-refractivity contribution in [3.8, 4) is 17.0 Å². The summed E-state index contributed by atoms with van der Waals surface area (Å²) in [6.45, 7) is 3.41. The number of nitrogens with one attached hydrogen (secondary N) is 1. The molecule has 1 aromatic heterocycles. The first-order valence-electron chi connectivity index (χ1n) is 8.57. The molecule has 1 amide bonds. The highest BCUT2D eigenvalue weighted by atomic mass is 35.5. The second-order valence-corrected chi connectivity index (χ2v) is 6.60. The van der Waals surface area contributed by atoms with Crippen molar-refractivity contribution in [2.24, 2.45) is 0 Å². The number of aryl methyl sites for hydroxylation is 1. The maximum Gasteiger partial charge on any atom is 0.365 e. The van der Waals surface area contributed by atoms with Crippen LogP contribution in [0.5, 0.6) is 5.75 Å². The number of hydrogen-bond donors (Lipinski definition) is 1. The standard InChI is InChI=1S/C20H19ClN4O3/c1-12-6-4-9-16(21)18(12)24-19(26)13(2)25-20(27)23-17(11-22-25)14-7-5-8-15(10-14)28-3/h4-11,13H,1-3H3,(H,24,26)/t13-/m1/s1. The van der Waals surface area contributed by atoms with Gasteiger partial charge in [0.2, 0.25) is 5.91 Å². The average Bonchev–Trinajstić information content (AvgIpc) is 2.70. The lowest BCUT2D eigenvalue weighted by molar-refractivity contribution is -0.119. The van der Waals surface area contributed by atoms with Crippen LogP contribution in [0.1, 0.15) is 18.5 Å². The SMILES string of the molecule is COc1cccc(-c2cnn([C@H](C)C(=O)Nc3c(C)cccc3Cl)c(=O)n2)c1. The molecule has 0 saturated heterocycles. The minimum absolute atomic E-state index is 0.398. The number of amides is 1. The van der Waals surface area contributed by atoms with E-state index in [0.29, 0.717) is 27.7 Å². The summed E-state index contributed by atoms with van der Waals surface area (Å²) in [6.07, 6.45) is 1.45. The molecule has 1 atom stereocenters. The van der Waals surface area contributed by atoms with Gasteiger partial charge in [-0.1, -0.05) is 35.9 Å². The van der Waals surface area contributed by atoms with Gasteiger partial charge in [-0.3, -0.25) is 4.79 Å². The van der Waals surface area contributed by atoms with Gasteiger partial charge in [-0.25, -0.2) is 9.48 Å². The van der Waals surface area contributed by atoms with Crippen LogP contribution in [0.25, 0.3) is 11.3 Å². The van der Waals surface area contributed by atoms with E-state index in [2.05, 4.69) is 15.4 Å². The molecule has 7 nitrogen and oxygen atoms in total. The van der Waals surface area contributed by atoms with Crippen molar-refractivity contribution in [3.05, 3.63) is 69.7 Å². The van der Waals surface area contributed by atoms with Crippen molar-refractivity contribution in [2.45, 2.75) is 19.9 Å². The number of ether oxygens (including phenoxy) is 1. The molecule has 8 heteroatoms. The highest BCUT2D eigenvalue weighted by molar-refractivity contribution is 6.34. The second-order valence-electron chi connectivity index (χ2n) is 6.20.